The topological polar surface area (TPSA) is 43.8 Å². The van der Waals surface area contributed by atoms with Crippen molar-refractivity contribution in [2.45, 2.75) is 26.3 Å². The number of hydrogen-bond donors (Lipinski definition) is 1. The third kappa shape index (κ3) is 2.42. The molecule has 2 aromatic rings. The molecule has 0 saturated heterocycles. The highest BCUT2D eigenvalue weighted by molar-refractivity contribution is 9.10. The molecule has 0 amide bonds. The molecule has 1 unspecified atom stereocenters. The lowest BCUT2D eigenvalue weighted by Gasteiger charge is -2.14. The quantitative estimate of drug-likeness (QED) is 0.944. The molecule has 4 heteroatoms. The van der Waals surface area contributed by atoms with Crippen LogP contribution in [-0.2, 0) is 6.42 Å². The van der Waals surface area contributed by atoms with Crippen LogP contribution in [0.1, 0.15) is 31.1 Å². The molecule has 0 aliphatic carbocycles. The average molecular weight is 294 g/mol. The van der Waals surface area contributed by atoms with Crippen LogP contribution >= 0.6 is 15.9 Å². The Hall–Kier alpha value is -1.13. The van der Waals surface area contributed by atoms with Crippen LogP contribution in [0.5, 0.6) is 0 Å². The summed E-state index contributed by atoms with van der Waals surface area (Å²) in [4.78, 5) is 4.19. The predicted octanol–water partition coefficient (Wildman–Crippen LogP) is 3.22. The van der Waals surface area contributed by atoms with E-state index in [1.54, 1.807) is 0 Å². The predicted molar refractivity (Wildman–Crippen MR) is 73.2 cm³/mol. The number of aryl methyl sites for hydroxylation is 1. The summed E-state index contributed by atoms with van der Waals surface area (Å²) >= 11 is 3.50. The fourth-order valence-electron chi connectivity index (χ4n) is 1.92. The first-order valence-corrected chi connectivity index (χ1v) is 6.49. The Bertz CT molecular complexity index is 517. The molecule has 1 aromatic carbocycles. The van der Waals surface area contributed by atoms with Crippen LogP contribution in [-0.4, -0.2) is 9.55 Å². The van der Waals surface area contributed by atoms with E-state index in [0.29, 0.717) is 0 Å². The van der Waals surface area contributed by atoms with Crippen molar-refractivity contribution < 1.29 is 0 Å². The monoisotopic (exact) mass is 293 g/mol. The van der Waals surface area contributed by atoms with E-state index in [-0.39, 0.29) is 6.04 Å². The molecule has 3 nitrogen and oxygen atoms in total. The van der Waals surface area contributed by atoms with Crippen LogP contribution in [0.2, 0.25) is 0 Å². The Balaban J connectivity index is 2.56. The third-order valence-corrected chi connectivity index (χ3v) is 3.31. The molecular formula is C13H16BrN3. The lowest BCUT2D eigenvalue weighted by Crippen LogP contribution is -2.11. The highest BCUT2D eigenvalue weighted by Crippen LogP contribution is 2.23. The summed E-state index contributed by atoms with van der Waals surface area (Å²) in [5.41, 5.74) is 9.41. The van der Waals surface area contributed by atoms with Gasteiger partial charge in [0, 0.05) is 10.5 Å². The summed E-state index contributed by atoms with van der Waals surface area (Å²) in [5, 5.41) is 0. The summed E-state index contributed by atoms with van der Waals surface area (Å²) in [6.45, 7) is 4.12. The van der Waals surface area contributed by atoms with Crippen molar-refractivity contribution >= 4 is 15.9 Å². The van der Waals surface area contributed by atoms with E-state index in [9.17, 15) is 0 Å². The van der Waals surface area contributed by atoms with E-state index < -0.39 is 0 Å². The first-order valence-electron chi connectivity index (χ1n) is 5.70. The molecule has 0 saturated carbocycles. The number of nitrogens with zero attached hydrogens (tertiary/aromatic N) is 2. The van der Waals surface area contributed by atoms with Gasteiger partial charge in [0.05, 0.1) is 23.9 Å². The first kappa shape index (κ1) is 12.3. The van der Waals surface area contributed by atoms with Gasteiger partial charge >= 0.3 is 0 Å². The van der Waals surface area contributed by atoms with Gasteiger partial charge in [-0.15, -0.1) is 0 Å². The van der Waals surface area contributed by atoms with Gasteiger partial charge in [0.25, 0.3) is 0 Å². The van der Waals surface area contributed by atoms with Crippen molar-refractivity contribution in [1.82, 2.24) is 9.55 Å². The minimum Gasteiger partial charge on any atom is -0.323 e. The van der Waals surface area contributed by atoms with Crippen LogP contribution in [0, 0.1) is 0 Å². The van der Waals surface area contributed by atoms with Crippen LogP contribution in [0.4, 0.5) is 0 Å². The van der Waals surface area contributed by atoms with Gasteiger partial charge in [-0.05, 0) is 37.1 Å². The number of benzene rings is 1. The second-order valence-corrected chi connectivity index (χ2v) is 5.02. The molecule has 0 bridgehead atoms. The van der Waals surface area contributed by atoms with Gasteiger partial charge < -0.3 is 10.3 Å². The molecule has 1 atom stereocenters. The SMILES string of the molecule is CCc1cc(Br)ccc1-n1cncc1C(C)N. The Labute approximate surface area is 110 Å². The van der Waals surface area contributed by atoms with Crippen molar-refractivity contribution in [3.8, 4) is 5.69 Å². The first-order chi connectivity index (χ1) is 8.13. The number of rotatable bonds is 3. The van der Waals surface area contributed by atoms with Gasteiger partial charge in [0.15, 0.2) is 0 Å². The van der Waals surface area contributed by atoms with Gasteiger partial charge in [-0.3, -0.25) is 0 Å². The molecule has 0 aliphatic heterocycles. The molecule has 1 aromatic heterocycles. The number of hydrogen-bond acceptors (Lipinski definition) is 2. The number of aromatic nitrogens is 2. The van der Waals surface area contributed by atoms with Gasteiger partial charge in [-0.1, -0.05) is 22.9 Å². The number of halogens is 1. The van der Waals surface area contributed by atoms with Crippen LogP contribution in [0.15, 0.2) is 35.2 Å². The van der Waals surface area contributed by atoms with Crippen LogP contribution < -0.4 is 5.73 Å². The Kier molecular flexibility index (Phi) is 3.64. The van der Waals surface area contributed by atoms with Crippen molar-refractivity contribution in [2.75, 3.05) is 0 Å². The van der Waals surface area contributed by atoms with Crippen LogP contribution in [0.3, 0.4) is 0 Å². The molecule has 0 radical (unpaired) electrons. The summed E-state index contributed by atoms with van der Waals surface area (Å²) < 4.78 is 3.16. The summed E-state index contributed by atoms with van der Waals surface area (Å²) in [6.07, 6.45) is 4.62. The van der Waals surface area contributed by atoms with E-state index in [0.717, 1.165) is 22.3 Å². The summed E-state index contributed by atoms with van der Waals surface area (Å²) in [6, 6.07) is 6.25. The normalized spacial score (nSPS) is 12.7. The molecule has 2 rings (SSSR count). The molecule has 17 heavy (non-hydrogen) atoms. The van der Waals surface area contributed by atoms with Gasteiger partial charge in [-0.2, -0.15) is 0 Å². The van der Waals surface area contributed by atoms with E-state index in [2.05, 4.69) is 44.5 Å². The third-order valence-electron chi connectivity index (χ3n) is 2.82. The lowest BCUT2D eigenvalue weighted by molar-refractivity contribution is 0.749. The van der Waals surface area contributed by atoms with Crippen molar-refractivity contribution in [3.63, 3.8) is 0 Å². The fourth-order valence-corrected chi connectivity index (χ4v) is 2.32. The highest BCUT2D eigenvalue weighted by Gasteiger charge is 2.11. The lowest BCUT2D eigenvalue weighted by atomic mass is 10.1. The molecule has 0 spiro atoms. The van der Waals surface area contributed by atoms with Crippen molar-refractivity contribution in [1.29, 1.82) is 0 Å². The molecule has 90 valence electrons. The second-order valence-electron chi connectivity index (χ2n) is 4.10. The standard InChI is InChI=1S/C13H16BrN3/c1-3-10-6-11(14)4-5-12(10)17-8-16-7-13(17)9(2)15/h4-9H,3,15H2,1-2H3. The molecule has 1 heterocycles. The van der Waals surface area contributed by atoms with Crippen molar-refractivity contribution in [3.05, 3.63) is 46.5 Å². The number of imidazole rings is 1. The maximum absolute atomic E-state index is 5.95. The maximum atomic E-state index is 5.95. The summed E-state index contributed by atoms with van der Waals surface area (Å²) in [7, 11) is 0. The minimum absolute atomic E-state index is 0.0224. The number of nitrogens with two attached hydrogens (primary N) is 1. The smallest absolute Gasteiger partial charge is 0.0994 e. The minimum atomic E-state index is -0.0224. The van der Waals surface area contributed by atoms with Crippen molar-refractivity contribution in [2.24, 2.45) is 5.73 Å². The fraction of sp³-hybridized carbons (Fsp3) is 0.308. The van der Waals surface area contributed by atoms with Gasteiger partial charge in [0.2, 0.25) is 0 Å². The van der Waals surface area contributed by atoms with E-state index in [1.807, 2.05) is 25.5 Å². The zero-order valence-corrected chi connectivity index (χ0v) is 11.6. The summed E-state index contributed by atoms with van der Waals surface area (Å²) in [5.74, 6) is 0. The Morgan fingerprint density at radius 2 is 2.24 bits per heavy atom. The van der Waals surface area contributed by atoms with Gasteiger partial charge in [-0.25, -0.2) is 4.98 Å². The van der Waals surface area contributed by atoms with Crippen LogP contribution in [0.25, 0.3) is 5.69 Å². The zero-order valence-electron chi connectivity index (χ0n) is 10.0. The van der Waals surface area contributed by atoms with E-state index >= 15 is 0 Å². The van der Waals surface area contributed by atoms with E-state index in [1.165, 1.54) is 5.56 Å². The van der Waals surface area contributed by atoms with Gasteiger partial charge in [0.1, 0.15) is 0 Å². The Morgan fingerprint density at radius 3 is 2.88 bits per heavy atom. The highest BCUT2D eigenvalue weighted by atomic mass is 79.9. The zero-order chi connectivity index (χ0) is 12.4. The molecule has 2 N–H and O–H groups in total. The maximum Gasteiger partial charge on any atom is 0.0994 e. The Morgan fingerprint density at radius 1 is 1.47 bits per heavy atom. The average Bonchev–Trinajstić information content (AvgIpc) is 2.77. The molecule has 0 fully saturated rings. The molecule has 0 aliphatic rings. The second kappa shape index (κ2) is 5.02. The molecular weight excluding hydrogens is 278 g/mol. The largest absolute Gasteiger partial charge is 0.323 e. The van der Waals surface area contributed by atoms with E-state index in [4.69, 9.17) is 5.73 Å².